The van der Waals surface area contributed by atoms with Crippen molar-refractivity contribution in [2.45, 2.75) is 6.92 Å². The molecule has 80 valence electrons. The highest BCUT2D eigenvalue weighted by Gasteiger charge is 2.11. The van der Waals surface area contributed by atoms with E-state index in [1.165, 1.54) is 0 Å². The van der Waals surface area contributed by atoms with Gasteiger partial charge in [-0.1, -0.05) is 11.6 Å². The highest BCUT2D eigenvalue weighted by molar-refractivity contribution is 6.31. The highest BCUT2D eigenvalue weighted by atomic mass is 35.5. The molecule has 0 saturated heterocycles. The fraction of sp³-hybridized carbons (Fsp3) is 0.0833. The first kappa shape index (κ1) is 9.48. The zero-order valence-electron chi connectivity index (χ0n) is 8.41. The molecular weight excluding hydrogens is 228 g/mol. The van der Waals surface area contributed by atoms with Crippen molar-refractivity contribution in [1.29, 1.82) is 0 Å². The van der Waals surface area contributed by atoms with Gasteiger partial charge in [0.2, 0.25) is 0 Å². The van der Waals surface area contributed by atoms with Crippen LogP contribution in [0.3, 0.4) is 0 Å². The van der Waals surface area contributed by atoms with Crippen LogP contribution in [-0.4, -0.2) is 0 Å². The number of hydrogen-bond donors (Lipinski definition) is 0. The molecule has 0 spiro atoms. The van der Waals surface area contributed by atoms with Gasteiger partial charge in [-0.3, -0.25) is 0 Å². The van der Waals surface area contributed by atoms with Gasteiger partial charge < -0.3 is 8.83 Å². The first-order valence-electron chi connectivity index (χ1n) is 4.77. The number of fused-ring (bicyclic) bond motifs is 3. The molecule has 4 heteroatoms. The Kier molecular flexibility index (Phi) is 1.85. The maximum absolute atomic E-state index is 11.6. The molecule has 0 radical (unpaired) electrons. The molecule has 0 unspecified atom stereocenters. The molecule has 0 amide bonds. The van der Waals surface area contributed by atoms with Crippen molar-refractivity contribution in [2.24, 2.45) is 0 Å². The van der Waals surface area contributed by atoms with Gasteiger partial charge in [0.25, 0.3) is 0 Å². The zero-order valence-corrected chi connectivity index (χ0v) is 9.17. The first-order valence-corrected chi connectivity index (χ1v) is 5.15. The smallest absolute Gasteiger partial charge is 0.347 e. The van der Waals surface area contributed by atoms with Gasteiger partial charge >= 0.3 is 5.63 Å². The second kappa shape index (κ2) is 3.12. The average molecular weight is 235 g/mol. The Morgan fingerprint density at radius 1 is 1.12 bits per heavy atom. The molecule has 0 aliphatic rings. The Balaban J connectivity index is 2.63. The Labute approximate surface area is 95.2 Å². The summed E-state index contributed by atoms with van der Waals surface area (Å²) in [5.41, 5.74) is 0.599. The summed E-state index contributed by atoms with van der Waals surface area (Å²) in [6.07, 6.45) is 0. The van der Waals surface area contributed by atoms with Crippen molar-refractivity contribution in [1.82, 2.24) is 0 Å². The normalized spacial score (nSPS) is 11.4. The molecule has 0 aliphatic carbocycles. The van der Waals surface area contributed by atoms with Crippen LogP contribution in [0.1, 0.15) is 5.76 Å². The van der Waals surface area contributed by atoms with E-state index in [0.29, 0.717) is 27.3 Å². The lowest BCUT2D eigenvalue weighted by Crippen LogP contribution is -1.97. The van der Waals surface area contributed by atoms with E-state index in [9.17, 15) is 4.79 Å². The average Bonchev–Trinajstić information content (AvgIpc) is 2.60. The summed E-state index contributed by atoms with van der Waals surface area (Å²) < 4.78 is 10.7. The van der Waals surface area contributed by atoms with Crippen LogP contribution >= 0.6 is 11.6 Å². The van der Waals surface area contributed by atoms with Gasteiger partial charge in [0.15, 0.2) is 5.58 Å². The monoisotopic (exact) mass is 234 g/mol. The third-order valence-electron chi connectivity index (χ3n) is 2.47. The fourth-order valence-electron chi connectivity index (χ4n) is 1.79. The van der Waals surface area contributed by atoms with E-state index >= 15 is 0 Å². The summed E-state index contributed by atoms with van der Waals surface area (Å²) in [7, 11) is 0. The minimum absolute atomic E-state index is 0.401. The molecule has 0 bridgehead atoms. The molecule has 0 N–H and O–H groups in total. The lowest BCUT2D eigenvalue weighted by molar-refractivity contribution is 0.559. The molecular formula is C12H7ClO3. The molecule has 3 nitrogen and oxygen atoms in total. The Morgan fingerprint density at radius 2 is 1.94 bits per heavy atom. The highest BCUT2D eigenvalue weighted by Crippen LogP contribution is 2.27. The Morgan fingerprint density at radius 3 is 2.75 bits per heavy atom. The summed E-state index contributed by atoms with van der Waals surface area (Å²) >= 11 is 5.83. The predicted molar refractivity (Wildman–Crippen MR) is 62.0 cm³/mol. The molecule has 16 heavy (non-hydrogen) atoms. The second-order valence-electron chi connectivity index (χ2n) is 3.63. The molecule has 0 fully saturated rings. The van der Waals surface area contributed by atoms with E-state index in [1.807, 2.05) is 0 Å². The van der Waals surface area contributed by atoms with Crippen LogP contribution < -0.4 is 5.63 Å². The molecule has 2 heterocycles. The van der Waals surface area contributed by atoms with Gasteiger partial charge in [0.05, 0.1) is 5.39 Å². The molecule has 3 rings (SSSR count). The van der Waals surface area contributed by atoms with Crippen LogP contribution in [0.2, 0.25) is 5.02 Å². The largest absolute Gasteiger partial charge is 0.460 e. The van der Waals surface area contributed by atoms with Crippen LogP contribution in [0.5, 0.6) is 0 Å². The summed E-state index contributed by atoms with van der Waals surface area (Å²) in [6, 6.07) is 6.80. The van der Waals surface area contributed by atoms with E-state index in [1.54, 1.807) is 31.2 Å². The standard InChI is InChI=1S/C12H7ClO3/c1-6-4-9-11(15-6)8-3-2-7(13)5-10(8)16-12(9)14/h2-5H,1H3. The summed E-state index contributed by atoms with van der Waals surface area (Å²) in [5, 5.41) is 1.75. The number of furan rings is 1. The van der Waals surface area contributed by atoms with Crippen molar-refractivity contribution in [3.05, 3.63) is 45.5 Å². The molecule has 0 saturated carbocycles. The number of rotatable bonds is 0. The minimum Gasteiger partial charge on any atom is -0.460 e. The van der Waals surface area contributed by atoms with Crippen LogP contribution in [0.4, 0.5) is 0 Å². The maximum Gasteiger partial charge on any atom is 0.347 e. The fourth-order valence-corrected chi connectivity index (χ4v) is 1.95. The quantitative estimate of drug-likeness (QED) is 0.559. The number of aryl methyl sites for hydroxylation is 1. The third-order valence-corrected chi connectivity index (χ3v) is 2.70. The van der Waals surface area contributed by atoms with Gasteiger partial charge in [-0.2, -0.15) is 0 Å². The van der Waals surface area contributed by atoms with Gasteiger partial charge in [-0.25, -0.2) is 4.79 Å². The van der Waals surface area contributed by atoms with E-state index < -0.39 is 5.63 Å². The number of halogens is 1. The molecule has 0 atom stereocenters. The van der Waals surface area contributed by atoms with Crippen LogP contribution in [0.25, 0.3) is 21.9 Å². The van der Waals surface area contributed by atoms with Gasteiger partial charge in [-0.15, -0.1) is 0 Å². The van der Waals surface area contributed by atoms with Crippen molar-refractivity contribution in [3.8, 4) is 0 Å². The van der Waals surface area contributed by atoms with Crippen LogP contribution in [-0.2, 0) is 0 Å². The zero-order chi connectivity index (χ0) is 11.3. The van der Waals surface area contributed by atoms with Gasteiger partial charge in [-0.05, 0) is 25.1 Å². The first-order chi connectivity index (χ1) is 7.65. The second-order valence-corrected chi connectivity index (χ2v) is 4.07. The minimum atomic E-state index is -0.401. The number of benzene rings is 1. The molecule has 2 aromatic heterocycles. The molecule has 0 aliphatic heterocycles. The van der Waals surface area contributed by atoms with Gasteiger partial charge in [0.1, 0.15) is 16.7 Å². The van der Waals surface area contributed by atoms with E-state index in [4.69, 9.17) is 20.4 Å². The van der Waals surface area contributed by atoms with Crippen molar-refractivity contribution in [3.63, 3.8) is 0 Å². The summed E-state index contributed by atoms with van der Waals surface area (Å²) in [6.45, 7) is 1.79. The Bertz CT molecular complexity index is 752. The Hall–Kier alpha value is -1.74. The lowest BCUT2D eigenvalue weighted by atomic mass is 10.2. The summed E-state index contributed by atoms with van der Waals surface area (Å²) in [4.78, 5) is 11.6. The SMILES string of the molecule is Cc1cc2c(=O)oc3cc(Cl)ccc3c2o1. The predicted octanol–water partition coefficient (Wildman–Crippen LogP) is 3.50. The van der Waals surface area contributed by atoms with Crippen LogP contribution in [0, 0.1) is 6.92 Å². The van der Waals surface area contributed by atoms with E-state index in [2.05, 4.69) is 0 Å². The van der Waals surface area contributed by atoms with Crippen molar-refractivity contribution in [2.75, 3.05) is 0 Å². The molecule has 3 aromatic rings. The maximum atomic E-state index is 11.6. The van der Waals surface area contributed by atoms with Crippen LogP contribution in [0.15, 0.2) is 37.9 Å². The van der Waals surface area contributed by atoms with E-state index in [0.717, 1.165) is 5.39 Å². The molecule has 1 aromatic carbocycles. The third kappa shape index (κ3) is 1.25. The van der Waals surface area contributed by atoms with Crippen molar-refractivity contribution < 1.29 is 8.83 Å². The lowest BCUT2D eigenvalue weighted by Gasteiger charge is -1.97. The van der Waals surface area contributed by atoms with E-state index in [-0.39, 0.29) is 0 Å². The van der Waals surface area contributed by atoms with Crippen molar-refractivity contribution >= 4 is 33.5 Å². The number of hydrogen-bond acceptors (Lipinski definition) is 3. The topological polar surface area (TPSA) is 43.4 Å². The summed E-state index contributed by atoms with van der Waals surface area (Å²) in [5.74, 6) is 0.685. The van der Waals surface area contributed by atoms with Gasteiger partial charge in [0, 0.05) is 11.1 Å².